The van der Waals surface area contributed by atoms with Gasteiger partial charge in [0.05, 0.1) is 11.4 Å². The molecule has 262 valence electrons. The fourth-order valence-corrected chi connectivity index (χ4v) is 9.13. The Kier molecular flexibility index (Phi) is 7.68. The number of hydrogen-bond acceptors (Lipinski definition) is 4. The summed E-state index contributed by atoms with van der Waals surface area (Å²) in [5.41, 5.74) is 13.1. The van der Waals surface area contributed by atoms with Crippen molar-refractivity contribution in [2.24, 2.45) is 0 Å². The number of benzene rings is 8. The number of hydrogen-bond donors (Lipinski definition) is 0. The van der Waals surface area contributed by atoms with E-state index in [0.717, 1.165) is 83.4 Å². The molecule has 11 aromatic rings. The van der Waals surface area contributed by atoms with Crippen molar-refractivity contribution in [3.63, 3.8) is 0 Å². The maximum atomic E-state index is 6.79. The molecule has 0 aliphatic carbocycles. The number of aromatic nitrogens is 2. The van der Waals surface area contributed by atoms with Crippen LogP contribution in [0.25, 0.3) is 109 Å². The van der Waals surface area contributed by atoms with E-state index in [1.165, 1.54) is 20.2 Å². The van der Waals surface area contributed by atoms with Crippen LogP contribution in [0.2, 0.25) is 0 Å². The monoisotopic (exact) mass is 732 g/mol. The molecule has 56 heavy (non-hydrogen) atoms. The van der Waals surface area contributed by atoms with E-state index in [2.05, 4.69) is 170 Å². The number of fused-ring (bicyclic) bond motifs is 6. The zero-order chi connectivity index (χ0) is 37.0. The minimum atomic E-state index is 0.671. The fraction of sp³-hybridized carbons (Fsp3) is 0. The van der Waals surface area contributed by atoms with Gasteiger partial charge in [0.25, 0.3) is 0 Å². The molecule has 0 aliphatic rings. The summed E-state index contributed by atoms with van der Waals surface area (Å²) < 4.78 is 9.35. The average molecular weight is 733 g/mol. The molecule has 0 bridgehead atoms. The summed E-state index contributed by atoms with van der Waals surface area (Å²) in [5.74, 6) is 0.671. The maximum Gasteiger partial charge on any atom is 0.160 e. The van der Waals surface area contributed by atoms with Crippen molar-refractivity contribution < 1.29 is 4.42 Å². The number of para-hydroxylation sites is 1. The maximum absolute atomic E-state index is 6.79. The van der Waals surface area contributed by atoms with E-state index in [1.807, 2.05) is 35.6 Å². The van der Waals surface area contributed by atoms with Crippen LogP contribution in [0.1, 0.15) is 0 Å². The smallest absolute Gasteiger partial charge is 0.160 e. The first-order chi connectivity index (χ1) is 27.7. The Labute approximate surface area is 327 Å². The quantitative estimate of drug-likeness (QED) is 0.171. The molecule has 0 fully saturated rings. The average Bonchev–Trinajstić information content (AvgIpc) is 3.85. The highest BCUT2D eigenvalue weighted by Gasteiger charge is 2.21. The lowest BCUT2D eigenvalue weighted by Gasteiger charge is -2.14. The standard InChI is InChI=1S/C52H32N2OS/c1-4-14-33(15-5-1)37-28-38(34-16-6-2-7-17-34)30-39(29-37)45-32-46(54-52(53-45)35-18-8-3-9-19-35)43-27-26-40(51-50(43)44-21-10-12-22-47(44)55-51)36-24-25-42-41-20-11-13-23-48(41)56-49(42)31-36/h1-32H. The lowest BCUT2D eigenvalue weighted by molar-refractivity contribution is 0.670. The Morgan fingerprint density at radius 1 is 0.357 bits per heavy atom. The zero-order valence-corrected chi connectivity index (χ0v) is 31.0. The molecule has 0 N–H and O–H groups in total. The van der Waals surface area contributed by atoms with Crippen LogP contribution >= 0.6 is 11.3 Å². The summed E-state index contributed by atoms with van der Waals surface area (Å²) in [6.45, 7) is 0. The number of rotatable bonds is 6. The highest BCUT2D eigenvalue weighted by Crippen LogP contribution is 2.44. The number of furan rings is 1. The van der Waals surface area contributed by atoms with E-state index in [-0.39, 0.29) is 0 Å². The minimum absolute atomic E-state index is 0.671. The van der Waals surface area contributed by atoms with Gasteiger partial charge in [-0.25, -0.2) is 9.97 Å². The Bertz CT molecular complexity index is 3180. The highest BCUT2D eigenvalue weighted by atomic mass is 32.1. The first kappa shape index (κ1) is 32.3. The van der Waals surface area contributed by atoms with Crippen LogP contribution in [0, 0.1) is 0 Å². The van der Waals surface area contributed by atoms with Crippen molar-refractivity contribution in [2.45, 2.75) is 0 Å². The molecule has 0 radical (unpaired) electrons. The van der Waals surface area contributed by atoms with Gasteiger partial charge < -0.3 is 4.42 Å². The van der Waals surface area contributed by atoms with E-state index >= 15 is 0 Å². The van der Waals surface area contributed by atoms with Gasteiger partial charge in [0.15, 0.2) is 5.82 Å². The third-order valence-electron chi connectivity index (χ3n) is 10.7. The van der Waals surface area contributed by atoms with E-state index in [4.69, 9.17) is 14.4 Å². The molecule has 0 aliphatic heterocycles. The van der Waals surface area contributed by atoms with Gasteiger partial charge in [0, 0.05) is 53.2 Å². The molecule has 8 aromatic carbocycles. The predicted octanol–water partition coefficient (Wildman–Crippen LogP) is 14.7. The summed E-state index contributed by atoms with van der Waals surface area (Å²) in [5, 5.41) is 4.67. The van der Waals surface area contributed by atoms with Crippen LogP contribution in [0.15, 0.2) is 199 Å². The first-order valence-electron chi connectivity index (χ1n) is 18.8. The molecule has 4 heteroatoms. The van der Waals surface area contributed by atoms with Crippen LogP contribution in [0.5, 0.6) is 0 Å². The highest BCUT2D eigenvalue weighted by molar-refractivity contribution is 7.25. The van der Waals surface area contributed by atoms with Gasteiger partial charge in [-0.3, -0.25) is 0 Å². The molecule has 0 amide bonds. The second-order valence-electron chi connectivity index (χ2n) is 14.1. The molecule has 0 saturated heterocycles. The van der Waals surface area contributed by atoms with Crippen molar-refractivity contribution in [1.82, 2.24) is 9.97 Å². The van der Waals surface area contributed by atoms with Crippen LogP contribution in [-0.2, 0) is 0 Å². The van der Waals surface area contributed by atoms with E-state index < -0.39 is 0 Å². The van der Waals surface area contributed by atoms with Crippen molar-refractivity contribution >= 4 is 53.4 Å². The molecule has 0 unspecified atom stereocenters. The summed E-state index contributed by atoms with van der Waals surface area (Å²) in [7, 11) is 0. The zero-order valence-electron chi connectivity index (χ0n) is 30.2. The molecule has 0 saturated carbocycles. The van der Waals surface area contributed by atoms with Crippen LogP contribution < -0.4 is 0 Å². The normalized spacial score (nSPS) is 11.6. The van der Waals surface area contributed by atoms with E-state index in [9.17, 15) is 0 Å². The third-order valence-corrected chi connectivity index (χ3v) is 11.8. The van der Waals surface area contributed by atoms with Crippen molar-refractivity contribution in [1.29, 1.82) is 0 Å². The van der Waals surface area contributed by atoms with Crippen LogP contribution in [-0.4, -0.2) is 9.97 Å². The number of nitrogens with zero attached hydrogens (tertiary/aromatic N) is 2. The van der Waals surface area contributed by atoms with Gasteiger partial charge in [-0.1, -0.05) is 146 Å². The van der Waals surface area contributed by atoms with Crippen molar-refractivity contribution in [3.05, 3.63) is 194 Å². The van der Waals surface area contributed by atoms with Crippen LogP contribution in [0.3, 0.4) is 0 Å². The van der Waals surface area contributed by atoms with Gasteiger partial charge in [-0.2, -0.15) is 0 Å². The van der Waals surface area contributed by atoms with E-state index in [0.29, 0.717) is 5.82 Å². The Morgan fingerprint density at radius 3 is 1.66 bits per heavy atom. The predicted molar refractivity (Wildman–Crippen MR) is 235 cm³/mol. The van der Waals surface area contributed by atoms with Crippen molar-refractivity contribution in [2.75, 3.05) is 0 Å². The second kappa shape index (κ2) is 13.3. The Balaban J connectivity index is 1.15. The number of thiophene rings is 1. The Hall–Kier alpha value is -7.14. The van der Waals surface area contributed by atoms with Crippen LogP contribution in [0.4, 0.5) is 0 Å². The lowest BCUT2D eigenvalue weighted by Crippen LogP contribution is -1.97. The lowest BCUT2D eigenvalue weighted by atomic mass is 9.93. The largest absolute Gasteiger partial charge is 0.455 e. The molecular formula is C52H32N2OS. The Morgan fingerprint density at radius 2 is 0.929 bits per heavy atom. The molecular weight excluding hydrogens is 701 g/mol. The van der Waals surface area contributed by atoms with E-state index in [1.54, 1.807) is 0 Å². The third kappa shape index (κ3) is 5.58. The first-order valence-corrected chi connectivity index (χ1v) is 19.6. The molecule has 3 heterocycles. The SMILES string of the molecule is c1ccc(-c2cc(-c3ccccc3)cc(-c3cc(-c4ccc(-c5ccc6c(c5)sc5ccccc56)c5oc6ccccc6c45)nc(-c4ccccc4)n3)c2)cc1. The van der Waals surface area contributed by atoms with Crippen molar-refractivity contribution in [3.8, 4) is 67.3 Å². The van der Waals surface area contributed by atoms with Gasteiger partial charge in [0.1, 0.15) is 11.2 Å². The minimum Gasteiger partial charge on any atom is -0.455 e. The second-order valence-corrected chi connectivity index (χ2v) is 15.2. The summed E-state index contributed by atoms with van der Waals surface area (Å²) >= 11 is 1.83. The molecule has 11 rings (SSSR count). The molecule has 0 atom stereocenters. The molecule has 3 nitrogen and oxygen atoms in total. The fourth-order valence-electron chi connectivity index (χ4n) is 7.98. The molecule has 3 aromatic heterocycles. The summed E-state index contributed by atoms with van der Waals surface area (Å²) in [6, 6.07) is 68.4. The summed E-state index contributed by atoms with van der Waals surface area (Å²) in [6.07, 6.45) is 0. The molecule has 0 spiro atoms. The van der Waals surface area contributed by atoms with Gasteiger partial charge in [0.2, 0.25) is 0 Å². The topological polar surface area (TPSA) is 38.9 Å². The van der Waals surface area contributed by atoms with Gasteiger partial charge >= 0.3 is 0 Å². The summed E-state index contributed by atoms with van der Waals surface area (Å²) in [4.78, 5) is 10.6. The van der Waals surface area contributed by atoms with Gasteiger partial charge in [-0.05, 0) is 76.3 Å². The van der Waals surface area contributed by atoms with Gasteiger partial charge in [-0.15, -0.1) is 11.3 Å².